The van der Waals surface area contributed by atoms with Gasteiger partial charge < -0.3 is 30.7 Å². The number of aryl methyl sites for hydroxylation is 2. The Hall–Kier alpha value is -5.37. The van der Waals surface area contributed by atoms with Gasteiger partial charge in [-0.05, 0) is 80.1 Å². The molecule has 0 radical (unpaired) electrons. The summed E-state index contributed by atoms with van der Waals surface area (Å²) < 4.78 is 13.5. The second kappa shape index (κ2) is 17.6. The highest BCUT2D eigenvalue weighted by molar-refractivity contribution is 5.96. The molecule has 0 saturated carbocycles. The zero-order valence-corrected chi connectivity index (χ0v) is 32.9. The molecule has 13 nitrogen and oxygen atoms in total. The summed E-state index contributed by atoms with van der Waals surface area (Å²) in [5.74, 6) is -0.283. The molecule has 2 aliphatic heterocycles. The van der Waals surface area contributed by atoms with Crippen molar-refractivity contribution < 1.29 is 19.1 Å². The number of hydrogen-bond acceptors (Lipinski definition) is 10. The van der Waals surface area contributed by atoms with Crippen LogP contribution in [0.3, 0.4) is 0 Å². The molecule has 0 spiro atoms. The molecule has 56 heavy (non-hydrogen) atoms. The van der Waals surface area contributed by atoms with E-state index in [1.54, 1.807) is 24.1 Å². The predicted octanol–water partition coefficient (Wildman–Crippen LogP) is 5.41. The lowest BCUT2D eigenvalue weighted by Crippen LogP contribution is -2.48. The van der Waals surface area contributed by atoms with E-state index in [2.05, 4.69) is 76.7 Å². The van der Waals surface area contributed by atoms with Gasteiger partial charge in [0.15, 0.2) is 5.65 Å². The molecular formula is C43H53N9O4. The van der Waals surface area contributed by atoms with E-state index in [1.165, 1.54) is 11.6 Å². The van der Waals surface area contributed by atoms with Crippen LogP contribution in [-0.2, 0) is 37.3 Å². The Kier molecular flexibility index (Phi) is 12.2. The van der Waals surface area contributed by atoms with Crippen LogP contribution in [0.5, 0.6) is 5.75 Å². The number of benzene rings is 2. The third-order valence-corrected chi connectivity index (χ3v) is 10.8. The van der Waals surface area contributed by atoms with Crippen molar-refractivity contribution in [2.75, 3.05) is 45.3 Å². The van der Waals surface area contributed by atoms with Crippen molar-refractivity contribution in [1.82, 2.24) is 34.9 Å². The third kappa shape index (κ3) is 8.70. The summed E-state index contributed by atoms with van der Waals surface area (Å²) in [6.45, 7) is 12.7. The predicted molar refractivity (Wildman–Crippen MR) is 218 cm³/mol. The minimum Gasteiger partial charge on any atom is -0.496 e. The molecule has 4 N–H and O–H groups in total. The zero-order valence-electron chi connectivity index (χ0n) is 32.9. The van der Waals surface area contributed by atoms with Gasteiger partial charge in [-0.15, -0.1) is 0 Å². The van der Waals surface area contributed by atoms with E-state index in [4.69, 9.17) is 20.2 Å². The number of rotatable bonds is 14. The first kappa shape index (κ1) is 38.9. The van der Waals surface area contributed by atoms with Crippen LogP contribution in [0.1, 0.15) is 77.0 Å². The summed E-state index contributed by atoms with van der Waals surface area (Å²) in [6.07, 6.45) is 4.25. The smallest absolute Gasteiger partial charge is 0.273 e. The Labute approximate surface area is 328 Å². The van der Waals surface area contributed by atoms with Crippen LogP contribution in [0.15, 0.2) is 66.9 Å². The van der Waals surface area contributed by atoms with Gasteiger partial charge in [0.05, 0.1) is 30.9 Å². The fourth-order valence-electron chi connectivity index (χ4n) is 7.87. The van der Waals surface area contributed by atoms with Crippen LogP contribution < -0.4 is 21.1 Å². The van der Waals surface area contributed by atoms with Crippen LogP contribution in [0.4, 0.5) is 5.69 Å². The number of anilines is 1. The Bertz CT molecular complexity index is 2180. The second-order valence-corrected chi connectivity index (χ2v) is 14.8. The quantitative estimate of drug-likeness (QED) is 0.134. The Balaban J connectivity index is 1.28. The van der Waals surface area contributed by atoms with Gasteiger partial charge >= 0.3 is 0 Å². The average Bonchev–Trinajstić information content (AvgIpc) is 3.64. The number of nitrogens with one attached hydrogen (secondary N) is 2. The third-order valence-electron chi connectivity index (χ3n) is 10.8. The number of primary amides is 1. The van der Waals surface area contributed by atoms with Gasteiger partial charge in [-0.2, -0.15) is 5.10 Å². The van der Waals surface area contributed by atoms with Gasteiger partial charge in [-0.3, -0.25) is 14.5 Å². The molecule has 0 bridgehead atoms. The van der Waals surface area contributed by atoms with Gasteiger partial charge in [-0.25, -0.2) is 14.6 Å². The molecule has 1 atom stereocenters. The van der Waals surface area contributed by atoms with Crippen molar-refractivity contribution in [2.24, 2.45) is 5.73 Å². The number of hydrogen-bond donors (Lipinski definition) is 3. The first-order valence-electron chi connectivity index (χ1n) is 19.7. The number of amides is 2. The normalized spacial score (nSPS) is 16.5. The number of nitrogens with zero attached hydrogens (tertiary/aromatic N) is 6. The van der Waals surface area contributed by atoms with Gasteiger partial charge in [-0.1, -0.05) is 37.3 Å². The van der Waals surface area contributed by atoms with Crippen molar-refractivity contribution in [1.29, 1.82) is 0 Å². The standard InChI is InChI=1S/C43H53N9O4/c1-5-36-35(40(47-32-15-19-56-20-16-32)34-23-46-52(6-2)42(34)49-36)27-51(43(54)38-12-8-11-37(48-38)41(44)53)26-30-13-14-39(55-4)33(22-30)31-10-7-9-29(21-31)25-50-18-17-45-28(3)24-50/h7-14,21-23,28,32,45H,5-6,15-20,24-27H2,1-4H3,(H2,44,53)(H,47,49)/t28-/m0/s1. The van der Waals surface area contributed by atoms with E-state index in [9.17, 15) is 9.59 Å². The van der Waals surface area contributed by atoms with Crippen LogP contribution >= 0.6 is 0 Å². The van der Waals surface area contributed by atoms with Gasteiger partial charge in [0, 0.05) is 81.4 Å². The molecule has 7 rings (SSSR count). The van der Waals surface area contributed by atoms with Crippen LogP contribution in [0, 0.1) is 0 Å². The fraction of sp³-hybridized carbons (Fsp3) is 0.419. The lowest BCUT2D eigenvalue weighted by Gasteiger charge is -2.31. The number of ether oxygens (including phenoxy) is 2. The molecule has 294 valence electrons. The summed E-state index contributed by atoms with van der Waals surface area (Å²) in [6, 6.07) is 20.1. The van der Waals surface area contributed by atoms with E-state index in [1.807, 2.05) is 23.0 Å². The second-order valence-electron chi connectivity index (χ2n) is 14.8. The Morgan fingerprint density at radius 3 is 2.57 bits per heavy atom. The lowest BCUT2D eigenvalue weighted by atomic mass is 9.99. The number of aromatic nitrogens is 4. The number of methoxy groups -OCH3 is 1. The first-order valence-corrected chi connectivity index (χ1v) is 19.7. The molecule has 0 unspecified atom stereocenters. The number of pyridine rings is 2. The molecule has 2 aliphatic rings. The number of piperazine rings is 1. The highest BCUT2D eigenvalue weighted by Gasteiger charge is 2.27. The summed E-state index contributed by atoms with van der Waals surface area (Å²) in [5, 5.41) is 13.0. The molecule has 2 aromatic carbocycles. The number of carbonyl (C=O) groups is 2. The minimum absolute atomic E-state index is 0.0314. The van der Waals surface area contributed by atoms with E-state index in [0.717, 1.165) is 89.4 Å². The fourth-order valence-corrected chi connectivity index (χ4v) is 7.87. The first-order chi connectivity index (χ1) is 27.2. The summed E-state index contributed by atoms with van der Waals surface area (Å²) in [7, 11) is 1.68. The maximum absolute atomic E-state index is 14.7. The maximum atomic E-state index is 14.7. The lowest BCUT2D eigenvalue weighted by molar-refractivity contribution is 0.0723. The molecule has 0 aliphatic carbocycles. The largest absolute Gasteiger partial charge is 0.496 e. The molecule has 3 aromatic heterocycles. The van der Waals surface area contributed by atoms with E-state index in [-0.39, 0.29) is 36.4 Å². The van der Waals surface area contributed by atoms with Crippen LogP contribution in [-0.4, -0.2) is 93.4 Å². The molecule has 2 fully saturated rings. The number of nitrogens with two attached hydrogens (primary N) is 1. The van der Waals surface area contributed by atoms with Crippen molar-refractivity contribution in [3.05, 3.63) is 101 Å². The molecule has 2 saturated heterocycles. The van der Waals surface area contributed by atoms with Crippen molar-refractivity contribution in [3.63, 3.8) is 0 Å². The highest BCUT2D eigenvalue weighted by atomic mass is 16.5. The number of carbonyl (C=O) groups excluding carboxylic acids is 2. The zero-order chi connectivity index (χ0) is 39.2. The van der Waals surface area contributed by atoms with Crippen LogP contribution in [0.25, 0.3) is 22.2 Å². The van der Waals surface area contributed by atoms with E-state index < -0.39 is 5.91 Å². The number of fused-ring (bicyclic) bond motifs is 1. The van der Waals surface area contributed by atoms with Crippen molar-refractivity contribution in [2.45, 2.75) is 78.3 Å². The van der Waals surface area contributed by atoms with Gasteiger partial charge in [0.2, 0.25) is 0 Å². The average molecular weight is 760 g/mol. The van der Waals surface area contributed by atoms with E-state index >= 15 is 0 Å². The summed E-state index contributed by atoms with van der Waals surface area (Å²) in [5.41, 5.74) is 13.4. The molecule has 2 amide bonds. The summed E-state index contributed by atoms with van der Waals surface area (Å²) in [4.78, 5) is 40.6. The minimum atomic E-state index is -0.696. The van der Waals surface area contributed by atoms with Crippen molar-refractivity contribution >= 4 is 28.5 Å². The Morgan fingerprint density at radius 2 is 1.82 bits per heavy atom. The summed E-state index contributed by atoms with van der Waals surface area (Å²) >= 11 is 0. The molecule has 13 heteroatoms. The SMILES string of the molecule is CCc1nc2c(cnn2CC)c(NC2CCOCC2)c1CN(Cc1ccc(OC)c(-c2cccc(CN3CCN[C@@H](C)C3)c2)c1)C(=O)c1cccc(C(N)=O)n1. The topological polar surface area (TPSA) is 153 Å². The van der Waals surface area contributed by atoms with E-state index in [0.29, 0.717) is 32.2 Å². The van der Waals surface area contributed by atoms with Crippen molar-refractivity contribution in [3.8, 4) is 16.9 Å². The molecular weight excluding hydrogens is 707 g/mol. The monoisotopic (exact) mass is 759 g/mol. The molecule has 5 heterocycles. The molecule has 5 aromatic rings. The maximum Gasteiger partial charge on any atom is 0.273 e. The highest BCUT2D eigenvalue weighted by Crippen LogP contribution is 2.35. The van der Waals surface area contributed by atoms with Crippen LogP contribution in [0.2, 0.25) is 0 Å². The van der Waals surface area contributed by atoms with Gasteiger partial charge in [0.25, 0.3) is 11.8 Å². The Morgan fingerprint density at radius 1 is 1.02 bits per heavy atom. The van der Waals surface area contributed by atoms with Gasteiger partial charge in [0.1, 0.15) is 17.1 Å².